The lowest BCUT2D eigenvalue weighted by molar-refractivity contribution is 0.102. The molecule has 5 aromatic rings. The summed E-state index contributed by atoms with van der Waals surface area (Å²) >= 11 is 1.35. The summed E-state index contributed by atoms with van der Waals surface area (Å²) in [4.78, 5) is 18.1. The first-order valence-electron chi connectivity index (χ1n) is 8.67. The number of anilines is 1. The monoisotopic (exact) mass is 386 g/mol. The molecule has 6 heteroatoms. The minimum absolute atomic E-state index is 0.212. The molecule has 1 N–H and O–H groups in total. The smallest absolute Gasteiger partial charge is 0.257 e. The quantitative estimate of drug-likeness (QED) is 0.407. The summed E-state index contributed by atoms with van der Waals surface area (Å²) in [5, 5.41) is 5.48. The molecule has 0 atom stereocenters. The molecule has 0 aliphatic rings. The minimum Gasteiger partial charge on any atom is -0.463 e. The maximum Gasteiger partial charge on any atom is 0.257 e. The zero-order valence-electron chi connectivity index (χ0n) is 14.6. The van der Waals surface area contributed by atoms with Gasteiger partial charge in [-0.3, -0.25) is 10.1 Å². The van der Waals surface area contributed by atoms with E-state index in [4.69, 9.17) is 8.83 Å². The fraction of sp³-hybridized carbons (Fsp3) is 0. The zero-order valence-corrected chi connectivity index (χ0v) is 15.4. The van der Waals surface area contributed by atoms with Crippen molar-refractivity contribution in [1.82, 2.24) is 4.98 Å². The second kappa shape index (κ2) is 6.83. The molecule has 28 heavy (non-hydrogen) atoms. The van der Waals surface area contributed by atoms with Crippen LogP contribution in [0.25, 0.3) is 32.9 Å². The summed E-state index contributed by atoms with van der Waals surface area (Å²) in [5.41, 5.74) is 1.21. The largest absolute Gasteiger partial charge is 0.463 e. The van der Waals surface area contributed by atoms with E-state index in [0.29, 0.717) is 27.9 Å². The highest BCUT2D eigenvalue weighted by atomic mass is 32.1. The average molecular weight is 386 g/mol. The molecular weight excluding hydrogens is 372 g/mol. The number of carbonyl (C=O) groups excluding carboxylic acids is 1. The average Bonchev–Trinajstić information content (AvgIpc) is 3.47. The summed E-state index contributed by atoms with van der Waals surface area (Å²) in [6, 6.07) is 20.9. The number of aromatic nitrogens is 1. The standard InChI is InChI=1S/C22H14N2O3S/c25-21(16-10-9-14-5-1-2-6-15(14)13-16)24-22-23-19(17-7-3-11-26-17)20(28-22)18-8-4-12-27-18/h1-13H,(H,23,24,25). The molecular formula is C22H14N2O3S. The molecule has 5 rings (SSSR count). The van der Waals surface area contributed by atoms with Crippen LogP contribution in [0.5, 0.6) is 0 Å². The van der Waals surface area contributed by atoms with Crippen LogP contribution in [0.4, 0.5) is 5.13 Å². The summed E-state index contributed by atoms with van der Waals surface area (Å²) in [5.74, 6) is 1.08. The van der Waals surface area contributed by atoms with Gasteiger partial charge in [0, 0.05) is 5.56 Å². The second-order valence-electron chi connectivity index (χ2n) is 6.17. The number of furan rings is 2. The highest BCUT2D eigenvalue weighted by Gasteiger charge is 2.20. The van der Waals surface area contributed by atoms with Crippen LogP contribution in [0.3, 0.4) is 0 Å². The third kappa shape index (κ3) is 3.00. The Morgan fingerprint density at radius 3 is 2.36 bits per heavy atom. The van der Waals surface area contributed by atoms with Crippen molar-refractivity contribution in [2.75, 3.05) is 5.32 Å². The van der Waals surface area contributed by atoms with E-state index in [1.165, 1.54) is 11.3 Å². The normalized spacial score (nSPS) is 11.0. The van der Waals surface area contributed by atoms with Crippen molar-refractivity contribution in [1.29, 1.82) is 0 Å². The number of fused-ring (bicyclic) bond motifs is 1. The fourth-order valence-corrected chi connectivity index (χ4v) is 3.96. The van der Waals surface area contributed by atoms with Gasteiger partial charge in [0.15, 0.2) is 10.9 Å². The van der Waals surface area contributed by atoms with E-state index in [0.717, 1.165) is 15.6 Å². The van der Waals surface area contributed by atoms with Gasteiger partial charge in [0.1, 0.15) is 16.3 Å². The van der Waals surface area contributed by atoms with Crippen molar-refractivity contribution in [3.63, 3.8) is 0 Å². The van der Waals surface area contributed by atoms with Crippen molar-refractivity contribution < 1.29 is 13.6 Å². The predicted octanol–water partition coefficient (Wildman–Crippen LogP) is 6.07. The molecule has 0 fully saturated rings. The zero-order chi connectivity index (χ0) is 18.9. The number of hydrogen-bond acceptors (Lipinski definition) is 5. The third-order valence-corrected chi connectivity index (χ3v) is 5.34. The molecule has 0 unspecified atom stereocenters. The van der Waals surface area contributed by atoms with Crippen molar-refractivity contribution in [2.24, 2.45) is 0 Å². The van der Waals surface area contributed by atoms with E-state index in [1.54, 1.807) is 18.6 Å². The van der Waals surface area contributed by atoms with Gasteiger partial charge in [-0.15, -0.1) is 0 Å². The number of hydrogen-bond donors (Lipinski definition) is 1. The van der Waals surface area contributed by atoms with E-state index in [2.05, 4.69) is 10.3 Å². The Balaban J connectivity index is 1.49. The summed E-state index contributed by atoms with van der Waals surface area (Å²) < 4.78 is 11.0. The Morgan fingerprint density at radius 1 is 0.857 bits per heavy atom. The molecule has 3 aromatic heterocycles. The Kier molecular flexibility index (Phi) is 4.03. The van der Waals surface area contributed by atoms with Crippen LogP contribution in [0.2, 0.25) is 0 Å². The lowest BCUT2D eigenvalue weighted by Crippen LogP contribution is -2.11. The summed E-state index contributed by atoms with van der Waals surface area (Å²) in [6.07, 6.45) is 3.20. The molecule has 1 amide bonds. The van der Waals surface area contributed by atoms with E-state index in [9.17, 15) is 4.79 Å². The molecule has 136 valence electrons. The number of nitrogens with zero attached hydrogens (tertiary/aromatic N) is 1. The number of amides is 1. The Bertz CT molecular complexity index is 1200. The minimum atomic E-state index is -0.212. The number of nitrogens with one attached hydrogen (secondary N) is 1. The first-order chi connectivity index (χ1) is 13.8. The van der Waals surface area contributed by atoms with Gasteiger partial charge < -0.3 is 8.83 Å². The number of benzene rings is 2. The number of thiazole rings is 1. The van der Waals surface area contributed by atoms with Gasteiger partial charge in [-0.2, -0.15) is 0 Å². The van der Waals surface area contributed by atoms with Crippen LogP contribution in [-0.2, 0) is 0 Å². The van der Waals surface area contributed by atoms with Crippen LogP contribution in [-0.4, -0.2) is 10.9 Å². The maximum atomic E-state index is 12.8. The van der Waals surface area contributed by atoms with Crippen molar-refractivity contribution in [3.05, 3.63) is 84.8 Å². The van der Waals surface area contributed by atoms with Crippen LogP contribution >= 0.6 is 11.3 Å². The van der Waals surface area contributed by atoms with Crippen LogP contribution in [0.15, 0.2) is 88.1 Å². The van der Waals surface area contributed by atoms with E-state index in [-0.39, 0.29) is 5.91 Å². The van der Waals surface area contributed by atoms with Gasteiger partial charge >= 0.3 is 0 Å². The van der Waals surface area contributed by atoms with Crippen molar-refractivity contribution in [2.45, 2.75) is 0 Å². The lowest BCUT2D eigenvalue weighted by Gasteiger charge is -2.03. The Morgan fingerprint density at radius 2 is 1.61 bits per heavy atom. The van der Waals surface area contributed by atoms with Gasteiger partial charge in [0.05, 0.1) is 12.5 Å². The molecule has 2 aromatic carbocycles. The van der Waals surface area contributed by atoms with Crippen LogP contribution in [0, 0.1) is 0 Å². The molecule has 3 heterocycles. The number of carbonyl (C=O) groups is 1. The van der Waals surface area contributed by atoms with E-state index < -0.39 is 0 Å². The molecule has 0 saturated carbocycles. The van der Waals surface area contributed by atoms with Gasteiger partial charge in [-0.05, 0) is 47.2 Å². The van der Waals surface area contributed by atoms with E-state index in [1.807, 2.05) is 60.7 Å². The fourth-order valence-electron chi connectivity index (χ4n) is 3.03. The Hall–Kier alpha value is -3.64. The molecule has 0 radical (unpaired) electrons. The number of rotatable bonds is 4. The van der Waals surface area contributed by atoms with Gasteiger partial charge in [-0.1, -0.05) is 41.7 Å². The van der Waals surface area contributed by atoms with Crippen molar-refractivity contribution in [3.8, 4) is 22.1 Å². The molecule has 0 aliphatic carbocycles. The molecule has 0 spiro atoms. The van der Waals surface area contributed by atoms with Crippen molar-refractivity contribution >= 4 is 33.1 Å². The maximum absolute atomic E-state index is 12.8. The van der Waals surface area contributed by atoms with Gasteiger partial charge in [-0.25, -0.2) is 4.98 Å². The second-order valence-corrected chi connectivity index (χ2v) is 7.17. The molecule has 5 nitrogen and oxygen atoms in total. The molecule has 0 bridgehead atoms. The highest BCUT2D eigenvalue weighted by molar-refractivity contribution is 7.19. The summed E-state index contributed by atoms with van der Waals surface area (Å²) in [6.45, 7) is 0. The summed E-state index contributed by atoms with van der Waals surface area (Å²) in [7, 11) is 0. The van der Waals surface area contributed by atoms with Crippen LogP contribution in [0.1, 0.15) is 10.4 Å². The first kappa shape index (κ1) is 16.5. The molecule has 0 aliphatic heterocycles. The lowest BCUT2D eigenvalue weighted by atomic mass is 10.1. The Labute approximate surface area is 164 Å². The first-order valence-corrected chi connectivity index (χ1v) is 9.48. The van der Waals surface area contributed by atoms with Gasteiger partial charge in [0.2, 0.25) is 0 Å². The van der Waals surface area contributed by atoms with Gasteiger partial charge in [0.25, 0.3) is 5.91 Å². The topological polar surface area (TPSA) is 68.3 Å². The van der Waals surface area contributed by atoms with Crippen LogP contribution < -0.4 is 5.32 Å². The SMILES string of the molecule is O=C(Nc1nc(-c2ccco2)c(-c2ccco2)s1)c1ccc2ccccc2c1. The van der Waals surface area contributed by atoms with E-state index >= 15 is 0 Å². The highest BCUT2D eigenvalue weighted by Crippen LogP contribution is 2.39. The molecule has 0 saturated heterocycles. The third-order valence-electron chi connectivity index (χ3n) is 4.36. The predicted molar refractivity (Wildman–Crippen MR) is 109 cm³/mol.